The van der Waals surface area contributed by atoms with Crippen LogP contribution in [0.25, 0.3) is 16.2 Å². The minimum absolute atomic E-state index is 0.0172. The van der Waals surface area contributed by atoms with E-state index in [9.17, 15) is 18.0 Å². The smallest absolute Gasteiger partial charge is 0.337 e. The van der Waals surface area contributed by atoms with E-state index in [2.05, 4.69) is 26.0 Å². The van der Waals surface area contributed by atoms with Gasteiger partial charge in [-0.1, -0.05) is 18.9 Å². The first-order valence-electron chi connectivity index (χ1n) is 8.86. The first kappa shape index (κ1) is 19.4. The lowest BCUT2D eigenvalue weighted by atomic mass is 10.2. The molecule has 0 bridgehead atoms. The van der Waals surface area contributed by atoms with Crippen molar-refractivity contribution in [1.82, 2.24) is 19.5 Å². The van der Waals surface area contributed by atoms with Crippen LogP contribution in [0, 0.1) is 0 Å². The zero-order valence-corrected chi connectivity index (χ0v) is 17.1. The number of aromatic nitrogens is 3. The molecule has 1 amide bonds. The summed E-state index contributed by atoms with van der Waals surface area (Å²) in [5.41, 5.74) is -0.819. The topological polar surface area (TPSA) is 50.5 Å². The Hall–Kier alpha value is -1.94. The monoisotopic (exact) mass is 472 g/mol. The van der Waals surface area contributed by atoms with Crippen LogP contribution >= 0.6 is 27.3 Å². The highest BCUT2D eigenvalue weighted by Crippen LogP contribution is 2.35. The maximum atomic E-state index is 13.7. The van der Waals surface area contributed by atoms with Gasteiger partial charge in [-0.2, -0.15) is 18.3 Å². The third-order valence-electron chi connectivity index (χ3n) is 4.69. The predicted octanol–water partition coefficient (Wildman–Crippen LogP) is 5.26. The van der Waals surface area contributed by atoms with Crippen molar-refractivity contribution in [3.8, 4) is 10.6 Å². The molecule has 3 aromatic rings. The van der Waals surface area contributed by atoms with Crippen LogP contribution < -0.4 is 0 Å². The molecule has 5 nitrogen and oxygen atoms in total. The van der Waals surface area contributed by atoms with E-state index < -0.39 is 11.9 Å². The summed E-state index contributed by atoms with van der Waals surface area (Å²) in [7, 11) is 0. The minimum Gasteiger partial charge on any atom is -0.337 e. The Morgan fingerprint density at radius 2 is 1.89 bits per heavy atom. The van der Waals surface area contributed by atoms with E-state index in [0.29, 0.717) is 22.5 Å². The van der Waals surface area contributed by atoms with Crippen LogP contribution in [0.1, 0.15) is 41.9 Å². The lowest BCUT2D eigenvalue weighted by molar-refractivity contribution is -0.142. The van der Waals surface area contributed by atoms with Crippen LogP contribution in [0.3, 0.4) is 0 Å². The summed E-state index contributed by atoms with van der Waals surface area (Å²) in [5, 5.41) is 5.78. The summed E-state index contributed by atoms with van der Waals surface area (Å²) in [5.74, 6) is -0.370. The third kappa shape index (κ3) is 3.55. The zero-order chi connectivity index (χ0) is 19.9. The molecule has 0 N–H and O–H groups in total. The molecule has 1 aliphatic heterocycles. The first-order chi connectivity index (χ1) is 13.4. The van der Waals surface area contributed by atoms with Crippen molar-refractivity contribution in [2.45, 2.75) is 31.9 Å². The van der Waals surface area contributed by atoms with E-state index in [1.165, 1.54) is 11.3 Å². The average Bonchev–Trinajstić information content (AvgIpc) is 3.20. The Kier molecular flexibility index (Phi) is 5.17. The summed E-state index contributed by atoms with van der Waals surface area (Å²) >= 11 is 4.58. The van der Waals surface area contributed by atoms with E-state index in [0.717, 1.165) is 31.7 Å². The standard InChI is InChI=1S/C18H16BrF3N4OS/c19-14-15(17(27)25-7-3-1-2-4-8-25)24-26-13(18(20,21)22)10-11(23-16(14)26)12-6-5-9-28-12/h5-6,9-10H,1-4,7-8H2. The van der Waals surface area contributed by atoms with Gasteiger partial charge in [0, 0.05) is 13.1 Å². The van der Waals surface area contributed by atoms with Gasteiger partial charge in [-0.25, -0.2) is 9.50 Å². The normalized spacial score (nSPS) is 15.8. The molecule has 10 heteroatoms. The molecule has 0 radical (unpaired) electrons. The van der Waals surface area contributed by atoms with E-state index >= 15 is 0 Å². The van der Waals surface area contributed by atoms with Gasteiger partial charge in [-0.05, 0) is 46.3 Å². The zero-order valence-electron chi connectivity index (χ0n) is 14.7. The minimum atomic E-state index is -4.64. The second-order valence-corrected chi connectivity index (χ2v) is 8.35. The molecule has 4 rings (SSSR count). The van der Waals surface area contributed by atoms with Gasteiger partial charge in [0.25, 0.3) is 5.91 Å². The highest BCUT2D eigenvalue weighted by atomic mass is 79.9. The van der Waals surface area contributed by atoms with Gasteiger partial charge >= 0.3 is 6.18 Å². The maximum Gasteiger partial charge on any atom is 0.433 e. The van der Waals surface area contributed by atoms with Crippen molar-refractivity contribution >= 4 is 38.8 Å². The molecular formula is C18H16BrF3N4OS. The van der Waals surface area contributed by atoms with Gasteiger partial charge in [-0.3, -0.25) is 4.79 Å². The first-order valence-corrected chi connectivity index (χ1v) is 10.5. The third-order valence-corrected chi connectivity index (χ3v) is 6.32. The number of likely N-dealkylation sites (tertiary alicyclic amines) is 1. The Balaban J connectivity index is 1.86. The number of fused-ring (bicyclic) bond motifs is 1. The van der Waals surface area contributed by atoms with Gasteiger partial charge in [-0.15, -0.1) is 11.3 Å². The molecule has 0 aliphatic carbocycles. The highest BCUT2D eigenvalue weighted by Gasteiger charge is 2.37. The number of hydrogen-bond acceptors (Lipinski definition) is 4. The van der Waals surface area contributed by atoms with E-state index in [4.69, 9.17) is 0 Å². The number of halogens is 4. The molecule has 0 saturated carbocycles. The molecule has 0 unspecified atom stereocenters. The largest absolute Gasteiger partial charge is 0.433 e. The molecule has 3 aromatic heterocycles. The number of amides is 1. The van der Waals surface area contributed by atoms with Crippen LogP contribution in [-0.2, 0) is 6.18 Å². The Labute approximate surface area is 171 Å². The quantitative estimate of drug-likeness (QED) is 0.511. The van der Waals surface area contributed by atoms with Crippen molar-refractivity contribution < 1.29 is 18.0 Å². The fourth-order valence-electron chi connectivity index (χ4n) is 3.30. The number of nitrogens with zero attached hydrogens (tertiary/aromatic N) is 4. The van der Waals surface area contributed by atoms with Gasteiger partial charge in [0.1, 0.15) is 0 Å². The van der Waals surface area contributed by atoms with E-state index in [-0.39, 0.29) is 27.4 Å². The fraction of sp³-hybridized carbons (Fsp3) is 0.389. The Morgan fingerprint density at radius 1 is 1.18 bits per heavy atom. The Morgan fingerprint density at radius 3 is 2.50 bits per heavy atom. The van der Waals surface area contributed by atoms with Crippen LogP contribution in [0.15, 0.2) is 28.1 Å². The van der Waals surface area contributed by atoms with Crippen LogP contribution in [0.5, 0.6) is 0 Å². The van der Waals surface area contributed by atoms with Crippen LogP contribution in [0.4, 0.5) is 13.2 Å². The second-order valence-electron chi connectivity index (χ2n) is 6.61. The second kappa shape index (κ2) is 7.47. The summed E-state index contributed by atoms with van der Waals surface area (Å²) in [4.78, 5) is 19.6. The van der Waals surface area contributed by atoms with Gasteiger partial charge in [0.2, 0.25) is 0 Å². The summed E-state index contributed by atoms with van der Waals surface area (Å²) in [6.45, 7) is 1.16. The van der Waals surface area contributed by atoms with Crippen LogP contribution in [0.2, 0.25) is 0 Å². The molecule has 0 spiro atoms. The SMILES string of the molecule is O=C(c1nn2c(C(F)(F)F)cc(-c3cccs3)nc2c1Br)N1CCCCCC1. The molecule has 0 atom stereocenters. The highest BCUT2D eigenvalue weighted by molar-refractivity contribution is 9.10. The Bertz CT molecular complexity index is 1010. The lowest BCUT2D eigenvalue weighted by Gasteiger charge is -2.18. The number of thiophene rings is 1. The van der Waals surface area contributed by atoms with Crippen molar-refractivity contribution in [1.29, 1.82) is 0 Å². The van der Waals surface area contributed by atoms with Crippen LogP contribution in [-0.4, -0.2) is 38.5 Å². The molecule has 28 heavy (non-hydrogen) atoms. The molecule has 1 fully saturated rings. The number of rotatable bonds is 2. The van der Waals surface area contributed by atoms with Gasteiger partial charge in [0.05, 0.1) is 15.0 Å². The van der Waals surface area contributed by atoms with Gasteiger partial charge < -0.3 is 4.90 Å². The van der Waals surface area contributed by atoms with Crippen molar-refractivity contribution in [3.63, 3.8) is 0 Å². The summed E-state index contributed by atoms with van der Waals surface area (Å²) in [6.07, 6.45) is -0.793. The van der Waals surface area contributed by atoms with Crippen molar-refractivity contribution in [3.05, 3.63) is 39.4 Å². The summed E-state index contributed by atoms with van der Waals surface area (Å²) in [6, 6.07) is 4.43. The average molecular weight is 473 g/mol. The van der Waals surface area contributed by atoms with Gasteiger partial charge in [0.15, 0.2) is 17.0 Å². The lowest BCUT2D eigenvalue weighted by Crippen LogP contribution is -2.32. The summed E-state index contributed by atoms with van der Waals surface area (Å²) < 4.78 is 42.0. The molecule has 4 heterocycles. The number of hydrogen-bond donors (Lipinski definition) is 0. The van der Waals surface area contributed by atoms with E-state index in [1.807, 2.05) is 0 Å². The van der Waals surface area contributed by atoms with E-state index in [1.54, 1.807) is 22.4 Å². The number of alkyl halides is 3. The molecular weight excluding hydrogens is 457 g/mol. The van der Waals surface area contributed by atoms with Crippen molar-refractivity contribution in [2.75, 3.05) is 13.1 Å². The predicted molar refractivity (Wildman–Crippen MR) is 103 cm³/mol. The number of carbonyl (C=O) groups is 1. The molecule has 0 aromatic carbocycles. The molecule has 1 aliphatic rings. The maximum absolute atomic E-state index is 13.7. The molecule has 1 saturated heterocycles. The van der Waals surface area contributed by atoms with Crippen molar-refractivity contribution in [2.24, 2.45) is 0 Å². The number of carbonyl (C=O) groups excluding carboxylic acids is 1. The fourth-order valence-corrected chi connectivity index (χ4v) is 4.50. The molecule has 148 valence electrons.